The molecule has 0 aliphatic heterocycles. The van der Waals surface area contributed by atoms with Gasteiger partial charge < -0.3 is 39.4 Å². The van der Waals surface area contributed by atoms with Crippen LogP contribution < -0.4 is 10.6 Å². The van der Waals surface area contributed by atoms with E-state index in [1.807, 2.05) is 0 Å². The topological polar surface area (TPSA) is 142 Å². The quantitative estimate of drug-likeness (QED) is 0.0706. The number of rotatable bonds is 33. The van der Waals surface area contributed by atoms with E-state index < -0.39 is 18.1 Å². The minimum absolute atomic E-state index is 0.00115. The number of carbonyl (C=O) groups excluding carboxylic acids is 3. The van der Waals surface area contributed by atoms with Crippen molar-refractivity contribution in [2.24, 2.45) is 0 Å². The van der Waals surface area contributed by atoms with Crippen molar-refractivity contribution in [2.75, 3.05) is 66.5 Å². The first-order valence-electron chi connectivity index (χ1n) is 17.0. The minimum Gasteiger partial charge on any atom is -0.467 e. The molecule has 11 nitrogen and oxygen atoms in total. The summed E-state index contributed by atoms with van der Waals surface area (Å²) in [6.07, 6.45) is 17.0. The SMILES string of the molecule is CCCCCCCCCCCCCCC(OCCOCCOCCOCCO)C(=O)NCCCC[C@H](NC(C)=O)C(=O)OC. The number of carbonyl (C=O) groups is 3. The Morgan fingerprint density at radius 3 is 1.68 bits per heavy atom. The van der Waals surface area contributed by atoms with Crippen LogP contribution in [0.5, 0.6) is 0 Å². The zero-order valence-electron chi connectivity index (χ0n) is 28.0. The highest BCUT2D eigenvalue weighted by atomic mass is 16.6. The van der Waals surface area contributed by atoms with Crippen molar-refractivity contribution in [3.63, 3.8) is 0 Å². The Morgan fingerprint density at radius 1 is 0.659 bits per heavy atom. The number of hydrogen-bond acceptors (Lipinski definition) is 9. The predicted molar refractivity (Wildman–Crippen MR) is 171 cm³/mol. The van der Waals surface area contributed by atoms with Gasteiger partial charge >= 0.3 is 5.97 Å². The summed E-state index contributed by atoms with van der Waals surface area (Å²) in [5.41, 5.74) is 0. The van der Waals surface area contributed by atoms with Gasteiger partial charge in [0.2, 0.25) is 11.8 Å². The highest BCUT2D eigenvalue weighted by Crippen LogP contribution is 2.14. The monoisotopic (exact) mass is 632 g/mol. The van der Waals surface area contributed by atoms with E-state index >= 15 is 0 Å². The van der Waals surface area contributed by atoms with Crippen molar-refractivity contribution in [1.29, 1.82) is 0 Å². The molecule has 11 heteroatoms. The molecule has 0 radical (unpaired) electrons. The van der Waals surface area contributed by atoms with Gasteiger partial charge in [0.05, 0.1) is 60.0 Å². The molecule has 2 amide bonds. The lowest BCUT2D eigenvalue weighted by Crippen LogP contribution is -2.40. The van der Waals surface area contributed by atoms with E-state index in [0.29, 0.717) is 78.5 Å². The first-order chi connectivity index (χ1) is 21.5. The molecule has 0 fully saturated rings. The maximum Gasteiger partial charge on any atom is 0.328 e. The van der Waals surface area contributed by atoms with E-state index in [9.17, 15) is 14.4 Å². The molecule has 44 heavy (non-hydrogen) atoms. The lowest BCUT2D eigenvalue weighted by Gasteiger charge is -2.18. The van der Waals surface area contributed by atoms with Gasteiger partial charge in [-0.1, -0.05) is 84.0 Å². The number of ether oxygens (including phenoxy) is 5. The molecule has 1 unspecified atom stereocenters. The van der Waals surface area contributed by atoms with Crippen LogP contribution in [-0.4, -0.2) is 102 Å². The minimum atomic E-state index is -0.680. The Bertz CT molecular complexity index is 682. The molecule has 3 N–H and O–H groups in total. The molecule has 0 saturated carbocycles. The third-order valence-corrected chi connectivity index (χ3v) is 7.22. The summed E-state index contributed by atoms with van der Waals surface area (Å²) in [5, 5.41) is 14.3. The number of hydrogen-bond donors (Lipinski definition) is 3. The Balaban J connectivity index is 4.33. The molecular formula is C33H64N2O9. The van der Waals surface area contributed by atoms with Crippen LogP contribution in [0.2, 0.25) is 0 Å². The van der Waals surface area contributed by atoms with Crippen LogP contribution in [0.1, 0.15) is 117 Å². The first-order valence-corrected chi connectivity index (χ1v) is 17.0. The molecule has 0 aromatic rings. The smallest absolute Gasteiger partial charge is 0.328 e. The van der Waals surface area contributed by atoms with Gasteiger partial charge in [-0.15, -0.1) is 0 Å². The van der Waals surface area contributed by atoms with Crippen molar-refractivity contribution in [1.82, 2.24) is 10.6 Å². The zero-order chi connectivity index (χ0) is 32.5. The third kappa shape index (κ3) is 27.7. The van der Waals surface area contributed by atoms with Crippen molar-refractivity contribution in [3.8, 4) is 0 Å². The Kier molecular flexibility index (Phi) is 31.3. The fraction of sp³-hybridized carbons (Fsp3) is 0.909. The molecule has 0 rings (SSSR count). The maximum atomic E-state index is 12.9. The normalized spacial score (nSPS) is 12.5. The summed E-state index contributed by atoms with van der Waals surface area (Å²) < 4.78 is 26.8. The van der Waals surface area contributed by atoms with E-state index in [0.717, 1.165) is 12.8 Å². The molecule has 0 saturated heterocycles. The number of amides is 2. The van der Waals surface area contributed by atoms with Gasteiger partial charge in [-0.2, -0.15) is 0 Å². The number of esters is 1. The lowest BCUT2D eigenvalue weighted by molar-refractivity contribution is -0.145. The van der Waals surface area contributed by atoms with Crippen LogP contribution in [0.15, 0.2) is 0 Å². The highest BCUT2D eigenvalue weighted by molar-refractivity contribution is 5.83. The van der Waals surface area contributed by atoms with E-state index in [4.69, 9.17) is 28.8 Å². The number of nitrogens with one attached hydrogen (secondary N) is 2. The van der Waals surface area contributed by atoms with Gasteiger partial charge in [0.1, 0.15) is 12.1 Å². The van der Waals surface area contributed by atoms with Gasteiger partial charge in [0.15, 0.2) is 0 Å². The highest BCUT2D eigenvalue weighted by Gasteiger charge is 2.20. The lowest BCUT2D eigenvalue weighted by atomic mass is 10.0. The molecule has 260 valence electrons. The Morgan fingerprint density at radius 2 is 1.16 bits per heavy atom. The Hall–Kier alpha value is -1.79. The van der Waals surface area contributed by atoms with Crippen molar-refractivity contribution < 1.29 is 43.2 Å². The van der Waals surface area contributed by atoms with E-state index in [1.165, 1.54) is 78.2 Å². The third-order valence-electron chi connectivity index (χ3n) is 7.22. The van der Waals surface area contributed by atoms with Crippen molar-refractivity contribution in [2.45, 2.75) is 129 Å². The van der Waals surface area contributed by atoms with Crippen LogP contribution in [0, 0.1) is 0 Å². The van der Waals surface area contributed by atoms with Crippen LogP contribution in [0.3, 0.4) is 0 Å². The standard InChI is InChI=1S/C33H64N2O9/c1-4-5-6-7-8-9-10-11-12-13-14-15-19-31(44-28-27-43-26-25-42-24-23-41-22-21-36)32(38)34-20-17-16-18-30(33(39)40-3)35-29(2)37/h30-31,36H,4-28H2,1-3H3,(H,34,38)(H,35,37)/t30-,31?/m0/s1. The average Bonchev–Trinajstić information content (AvgIpc) is 3.01. The molecule has 0 aromatic carbocycles. The van der Waals surface area contributed by atoms with Crippen LogP contribution in [-0.2, 0) is 38.1 Å². The van der Waals surface area contributed by atoms with Crippen LogP contribution >= 0.6 is 0 Å². The van der Waals surface area contributed by atoms with Gasteiger partial charge in [-0.3, -0.25) is 9.59 Å². The molecule has 2 atom stereocenters. The largest absolute Gasteiger partial charge is 0.467 e. The van der Waals surface area contributed by atoms with E-state index in [-0.39, 0.29) is 18.4 Å². The summed E-state index contributed by atoms with van der Waals surface area (Å²) in [7, 11) is 1.30. The van der Waals surface area contributed by atoms with Crippen molar-refractivity contribution >= 4 is 17.8 Å². The van der Waals surface area contributed by atoms with Crippen LogP contribution in [0.4, 0.5) is 0 Å². The summed E-state index contributed by atoms with van der Waals surface area (Å²) in [5.74, 6) is -0.890. The summed E-state index contributed by atoms with van der Waals surface area (Å²) >= 11 is 0. The molecule has 0 heterocycles. The second kappa shape index (κ2) is 32.6. The molecule has 0 aliphatic carbocycles. The van der Waals surface area contributed by atoms with Gasteiger partial charge in [0.25, 0.3) is 0 Å². The second-order valence-electron chi connectivity index (χ2n) is 11.2. The molecular weight excluding hydrogens is 568 g/mol. The Labute approximate surface area is 266 Å². The van der Waals surface area contributed by atoms with Crippen molar-refractivity contribution in [3.05, 3.63) is 0 Å². The fourth-order valence-electron chi connectivity index (χ4n) is 4.75. The predicted octanol–water partition coefficient (Wildman–Crippen LogP) is 4.47. The van der Waals surface area contributed by atoms with Crippen LogP contribution in [0.25, 0.3) is 0 Å². The van der Waals surface area contributed by atoms with E-state index in [1.54, 1.807) is 0 Å². The zero-order valence-corrected chi connectivity index (χ0v) is 28.0. The first kappa shape index (κ1) is 42.2. The molecule has 0 bridgehead atoms. The number of aliphatic hydroxyl groups excluding tert-OH is 1. The summed E-state index contributed by atoms with van der Waals surface area (Å²) in [6, 6.07) is -0.680. The fourth-order valence-corrected chi connectivity index (χ4v) is 4.75. The molecule has 0 aromatic heterocycles. The number of aliphatic hydroxyl groups is 1. The maximum absolute atomic E-state index is 12.9. The second-order valence-corrected chi connectivity index (χ2v) is 11.2. The molecule has 0 aliphatic rings. The number of methoxy groups -OCH3 is 1. The van der Waals surface area contributed by atoms with Gasteiger partial charge in [0, 0.05) is 13.5 Å². The van der Waals surface area contributed by atoms with Gasteiger partial charge in [-0.25, -0.2) is 4.79 Å². The average molecular weight is 633 g/mol. The summed E-state index contributed by atoms with van der Waals surface area (Å²) in [6.45, 7) is 6.78. The molecule has 0 spiro atoms. The van der Waals surface area contributed by atoms with E-state index in [2.05, 4.69) is 17.6 Å². The number of unbranched alkanes of at least 4 members (excludes halogenated alkanes) is 12. The van der Waals surface area contributed by atoms with Gasteiger partial charge in [-0.05, 0) is 25.7 Å². The summed E-state index contributed by atoms with van der Waals surface area (Å²) in [4.78, 5) is 36.1.